The summed E-state index contributed by atoms with van der Waals surface area (Å²) in [7, 11) is 0. The van der Waals surface area contributed by atoms with Gasteiger partial charge in [-0.25, -0.2) is 0 Å². The van der Waals surface area contributed by atoms with Crippen molar-refractivity contribution in [2.24, 2.45) is 0 Å². The second-order valence-electron chi connectivity index (χ2n) is 5.43. The van der Waals surface area contributed by atoms with Gasteiger partial charge in [-0.05, 0) is 32.1 Å². The molecule has 1 atom stereocenters. The lowest BCUT2D eigenvalue weighted by atomic mass is 10.2. The van der Waals surface area contributed by atoms with E-state index in [9.17, 15) is 4.79 Å². The van der Waals surface area contributed by atoms with E-state index in [-0.39, 0.29) is 13.0 Å². The number of esters is 1. The number of carbonyl (C=O) groups excluding carboxylic acids is 1. The lowest BCUT2D eigenvalue weighted by Gasteiger charge is -2.06. The summed E-state index contributed by atoms with van der Waals surface area (Å²) in [5.41, 5.74) is 0. The molecular weight excluding hydrogens is 316 g/mol. The summed E-state index contributed by atoms with van der Waals surface area (Å²) in [6, 6.07) is 0. The van der Waals surface area contributed by atoms with Crippen molar-refractivity contribution in [2.45, 2.75) is 51.6 Å². The molecule has 0 bridgehead atoms. The number of hydrogen-bond acceptors (Lipinski definition) is 4. The van der Waals surface area contributed by atoms with Gasteiger partial charge >= 0.3 is 5.97 Å². The van der Waals surface area contributed by atoms with Crippen LogP contribution < -0.4 is 0 Å². The molecule has 0 saturated carbocycles. The average Bonchev–Trinajstić information content (AvgIpc) is 2.62. The second-order valence-corrected chi connectivity index (χ2v) is 5.43. The van der Waals surface area contributed by atoms with Crippen LogP contribution in [0.5, 0.6) is 0 Å². The zero-order chi connectivity index (χ0) is 18.6. The zero-order valence-corrected chi connectivity index (χ0v) is 15.2. The molecule has 0 spiro atoms. The highest BCUT2D eigenvalue weighted by atomic mass is 16.5. The van der Waals surface area contributed by atoms with E-state index in [1.54, 1.807) is 6.08 Å². The Hall–Kier alpha value is -1.91. The summed E-state index contributed by atoms with van der Waals surface area (Å²) >= 11 is 0. The standard InChI is InChI=1S/C21H32O4/c1-2-3-4-5-6-7-8-9-10-11-12-13-14-15-16-17-21(24)25-19-20(23)18-22/h3-4,6-7,9-10,12-13,15-16,20,22-23H,2,5,8,11,14,17-19H2,1H3/b4-3-,7-6-,10-9-,13-12-,16-15-. The molecule has 0 aliphatic carbocycles. The SMILES string of the molecule is CC/C=C\C/C=C\C/C=C\C/C=C\C/C=C\CC(=O)OCC(O)CO. The van der Waals surface area contributed by atoms with E-state index >= 15 is 0 Å². The molecule has 0 heterocycles. The molecule has 140 valence electrons. The maximum Gasteiger partial charge on any atom is 0.309 e. The molecule has 0 aliphatic heterocycles. The van der Waals surface area contributed by atoms with Crippen molar-refractivity contribution in [1.29, 1.82) is 0 Å². The largest absolute Gasteiger partial charge is 0.463 e. The first-order chi connectivity index (χ1) is 12.2. The number of carbonyl (C=O) groups is 1. The number of ether oxygens (including phenoxy) is 1. The third-order valence-electron chi connectivity index (χ3n) is 3.09. The summed E-state index contributed by atoms with van der Waals surface area (Å²) < 4.78 is 4.78. The Balaban J connectivity index is 3.60. The first-order valence-electron chi connectivity index (χ1n) is 8.90. The van der Waals surface area contributed by atoms with Gasteiger partial charge in [0.15, 0.2) is 0 Å². The topological polar surface area (TPSA) is 66.8 Å². The predicted octanol–water partition coefficient (Wildman–Crippen LogP) is 4.02. The van der Waals surface area contributed by atoms with Crippen LogP contribution in [-0.4, -0.2) is 35.5 Å². The summed E-state index contributed by atoms with van der Waals surface area (Å²) in [6.45, 7) is 1.56. The molecule has 4 nitrogen and oxygen atoms in total. The Kier molecular flexibility index (Phi) is 17.0. The summed E-state index contributed by atoms with van der Waals surface area (Å²) in [5.74, 6) is -0.408. The van der Waals surface area contributed by atoms with Crippen LogP contribution in [0.1, 0.15) is 45.4 Å². The quantitative estimate of drug-likeness (QED) is 0.367. The van der Waals surface area contributed by atoms with Gasteiger partial charge in [-0.3, -0.25) is 4.79 Å². The van der Waals surface area contributed by atoms with E-state index < -0.39 is 18.7 Å². The average molecular weight is 348 g/mol. The van der Waals surface area contributed by atoms with Crippen LogP contribution in [0.2, 0.25) is 0 Å². The molecule has 1 unspecified atom stereocenters. The highest BCUT2D eigenvalue weighted by Crippen LogP contribution is 1.97. The van der Waals surface area contributed by atoms with Crippen LogP contribution in [-0.2, 0) is 9.53 Å². The number of aliphatic hydroxyl groups excluding tert-OH is 2. The lowest BCUT2D eigenvalue weighted by Crippen LogP contribution is -2.21. The zero-order valence-electron chi connectivity index (χ0n) is 15.2. The Bertz CT molecular complexity index is 459. The fraction of sp³-hybridized carbons (Fsp3) is 0.476. The number of hydrogen-bond donors (Lipinski definition) is 2. The van der Waals surface area contributed by atoms with Crippen molar-refractivity contribution in [1.82, 2.24) is 0 Å². The van der Waals surface area contributed by atoms with E-state index in [2.05, 4.69) is 49.5 Å². The fourth-order valence-electron chi connectivity index (χ4n) is 1.73. The molecule has 2 N–H and O–H groups in total. The van der Waals surface area contributed by atoms with Crippen LogP contribution in [0.15, 0.2) is 60.8 Å². The van der Waals surface area contributed by atoms with Crippen LogP contribution in [0.25, 0.3) is 0 Å². The third-order valence-corrected chi connectivity index (χ3v) is 3.09. The molecule has 0 aromatic rings. The minimum Gasteiger partial charge on any atom is -0.463 e. The van der Waals surface area contributed by atoms with Crippen molar-refractivity contribution in [3.05, 3.63) is 60.8 Å². The normalized spacial score (nSPS) is 13.9. The molecule has 0 amide bonds. The first-order valence-corrected chi connectivity index (χ1v) is 8.90. The van der Waals surface area contributed by atoms with E-state index in [0.29, 0.717) is 0 Å². The summed E-state index contributed by atoms with van der Waals surface area (Å²) in [6.07, 6.45) is 24.6. The van der Waals surface area contributed by atoms with E-state index in [1.807, 2.05) is 12.2 Å². The minimum atomic E-state index is -1.00. The van der Waals surface area contributed by atoms with E-state index in [4.69, 9.17) is 14.9 Å². The van der Waals surface area contributed by atoms with Gasteiger partial charge in [-0.2, -0.15) is 0 Å². The molecule has 0 aromatic heterocycles. The van der Waals surface area contributed by atoms with Gasteiger partial charge in [0.1, 0.15) is 12.7 Å². The highest BCUT2D eigenvalue weighted by molar-refractivity contribution is 5.71. The molecular formula is C21H32O4. The van der Waals surface area contributed by atoms with Gasteiger partial charge in [0.05, 0.1) is 13.0 Å². The van der Waals surface area contributed by atoms with Gasteiger partial charge in [-0.1, -0.05) is 67.7 Å². The van der Waals surface area contributed by atoms with Gasteiger partial charge < -0.3 is 14.9 Å². The third kappa shape index (κ3) is 18.3. The van der Waals surface area contributed by atoms with Crippen molar-refractivity contribution < 1.29 is 19.7 Å². The van der Waals surface area contributed by atoms with E-state index in [1.165, 1.54) is 0 Å². The summed E-state index contributed by atoms with van der Waals surface area (Å²) in [5, 5.41) is 17.6. The maximum absolute atomic E-state index is 11.3. The van der Waals surface area contributed by atoms with Crippen LogP contribution >= 0.6 is 0 Å². The minimum absolute atomic E-state index is 0.167. The Morgan fingerprint density at radius 1 is 0.840 bits per heavy atom. The monoisotopic (exact) mass is 348 g/mol. The maximum atomic E-state index is 11.3. The first kappa shape index (κ1) is 23.1. The second kappa shape index (κ2) is 18.4. The molecule has 0 aromatic carbocycles. The predicted molar refractivity (Wildman–Crippen MR) is 103 cm³/mol. The number of allylic oxidation sites excluding steroid dienone is 9. The Morgan fingerprint density at radius 3 is 1.72 bits per heavy atom. The van der Waals surface area contributed by atoms with Crippen molar-refractivity contribution >= 4 is 5.97 Å². The van der Waals surface area contributed by atoms with Gasteiger partial charge in [-0.15, -0.1) is 0 Å². The fourth-order valence-corrected chi connectivity index (χ4v) is 1.73. The van der Waals surface area contributed by atoms with Gasteiger partial charge in [0, 0.05) is 0 Å². The molecule has 0 radical (unpaired) electrons. The van der Waals surface area contributed by atoms with Crippen LogP contribution in [0.4, 0.5) is 0 Å². The van der Waals surface area contributed by atoms with Crippen molar-refractivity contribution in [2.75, 3.05) is 13.2 Å². The highest BCUT2D eigenvalue weighted by Gasteiger charge is 2.05. The smallest absolute Gasteiger partial charge is 0.309 e. The number of rotatable bonds is 14. The molecule has 4 heteroatoms. The Morgan fingerprint density at radius 2 is 1.28 bits per heavy atom. The van der Waals surface area contributed by atoms with Crippen molar-refractivity contribution in [3.63, 3.8) is 0 Å². The van der Waals surface area contributed by atoms with E-state index in [0.717, 1.165) is 32.1 Å². The molecule has 0 fully saturated rings. The lowest BCUT2D eigenvalue weighted by molar-refractivity contribution is -0.146. The summed E-state index contributed by atoms with van der Waals surface area (Å²) in [4.78, 5) is 11.3. The van der Waals surface area contributed by atoms with Crippen LogP contribution in [0, 0.1) is 0 Å². The Labute approximate surface area is 151 Å². The molecule has 0 rings (SSSR count). The molecule has 25 heavy (non-hydrogen) atoms. The van der Waals surface area contributed by atoms with Crippen LogP contribution in [0.3, 0.4) is 0 Å². The van der Waals surface area contributed by atoms with Crippen molar-refractivity contribution in [3.8, 4) is 0 Å². The van der Waals surface area contributed by atoms with Gasteiger partial charge in [0.25, 0.3) is 0 Å². The molecule has 0 aliphatic rings. The van der Waals surface area contributed by atoms with Gasteiger partial charge in [0.2, 0.25) is 0 Å². The molecule has 0 saturated heterocycles. The number of aliphatic hydroxyl groups is 2.